The summed E-state index contributed by atoms with van der Waals surface area (Å²) in [7, 11) is 1.71. The molecule has 2 heterocycles. The lowest BCUT2D eigenvalue weighted by Crippen LogP contribution is -2.25. The third-order valence-electron chi connectivity index (χ3n) is 4.38. The summed E-state index contributed by atoms with van der Waals surface area (Å²) in [5, 5.41) is 1.60. The minimum atomic E-state index is -1.50. The summed E-state index contributed by atoms with van der Waals surface area (Å²) in [5.41, 5.74) is 1.77. The number of fused-ring (bicyclic) bond motifs is 1. The van der Waals surface area contributed by atoms with Crippen LogP contribution >= 0.6 is 27.5 Å². The van der Waals surface area contributed by atoms with Crippen molar-refractivity contribution in [1.82, 2.24) is 14.3 Å². The summed E-state index contributed by atoms with van der Waals surface area (Å²) in [6.45, 7) is 0.335. The zero-order valence-corrected chi connectivity index (χ0v) is 18.8. The van der Waals surface area contributed by atoms with Crippen LogP contribution in [-0.4, -0.2) is 32.8 Å². The first-order valence-electron chi connectivity index (χ1n) is 8.54. The second-order valence-electron chi connectivity index (χ2n) is 6.03. The predicted molar refractivity (Wildman–Crippen MR) is 118 cm³/mol. The number of H-pyrrole nitrogens is 1. The van der Waals surface area contributed by atoms with E-state index >= 15 is 0 Å². The molecule has 7 nitrogen and oxygen atoms in total. The van der Waals surface area contributed by atoms with Gasteiger partial charge in [-0.3, -0.25) is 4.31 Å². The van der Waals surface area contributed by atoms with Crippen molar-refractivity contribution in [2.75, 3.05) is 18.5 Å². The molecule has 4 rings (SSSR count). The monoisotopic (exact) mass is 492 g/mol. The summed E-state index contributed by atoms with van der Waals surface area (Å²) in [5.74, 6) is 1.34. The molecule has 4 aromatic rings. The van der Waals surface area contributed by atoms with Crippen LogP contribution in [0.1, 0.15) is 5.56 Å². The molecule has 0 saturated carbocycles. The van der Waals surface area contributed by atoms with Gasteiger partial charge in [0.05, 0.1) is 25.7 Å². The Labute approximate surface area is 182 Å². The van der Waals surface area contributed by atoms with E-state index in [-0.39, 0.29) is 0 Å². The molecule has 0 amide bonds. The first-order valence-corrected chi connectivity index (χ1v) is 11.2. The fraction of sp³-hybridized carbons (Fsp3) is 0.158. The third kappa shape index (κ3) is 4.00. The number of rotatable bonds is 7. The average Bonchev–Trinajstić information content (AvgIpc) is 3.41. The Bertz CT molecular complexity index is 1160. The zero-order chi connectivity index (χ0) is 20.4. The number of hydrogen-bond donors (Lipinski definition) is 1. The summed E-state index contributed by atoms with van der Waals surface area (Å²) in [6, 6.07) is 11.2. The normalized spacial score (nSPS) is 12.1. The second-order valence-corrected chi connectivity index (χ2v) is 9.05. The lowest BCUT2D eigenvalue weighted by Gasteiger charge is -2.21. The minimum Gasteiger partial charge on any atom is -0.497 e. The molecule has 29 heavy (non-hydrogen) atoms. The number of nitrogens with zero attached hydrogens (tertiary/aromatic N) is 3. The summed E-state index contributed by atoms with van der Waals surface area (Å²) < 4.78 is 31.0. The molecule has 0 fully saturated rings. The number of aromatic nitrogens is 3. The lowest BCUT2D eigenvalue weighted by atomic mass is 10.2. The number of hydrogen-bond acceptors (Lipinski definition) is 6. The first kappa shape index (κ1) is 19.9. The fourth-order valence-corrected chi connectivity index (χ4v) is 5.22. The molecule has 0 spiro atoms. The number of halogens is 1. The zero-order valence-electron chi connectivity index (χ0n) is 15.6. The van der Waals surface area contributed by atoms with Crippen molar-refractivity contribution in [3.8, 4) is 11.5 Å². The molecule has 150 valence electrons. The summed E-state index contributed by atoms with van der Waals surface area (Å²) in [6.07, 6.45) is 3.32. The molecule has 1 atom stereocenters. The lowest BCUT2D eigenvalue weighted by molar-refractivity contribution is 0.391. The molecule has 0 aliphatic rings. The summed E-state index contributed by atoms with van der Waals surface area (Å²) >= 11 is 4.70. The average molecular weight is 493 g/mol. The maximum absolute atomic E-state index is 13.5. The van der Waals surface area contributed by atoms with E-state index in [2.05, 4.69) is 30.3 Å². The van der Waals surface area contributed by atoms with Gasteiger partial charge in [0, 0.05) is 44.7 Å². The molecule has 0 aliphatic heterocycles. The first-order chi connectivity index (χ1) is 14.1. The molecule has 10 heteroatoms. The highest BCUT2D eigenvalue weighted by molar-refractivity contribution is 9.10. The van der Waals surface area contributed by atoms with Gasteiger partial charge in [-0.1, -0.05) is 6.07 Å². The highest BCUT2D eigenvalue weighted by atomic mass is 79.9. The standard InChI is InChI=1S/C19H17BrN4O3S2/c1-26-13-4-3-12(18(7-13)27-2)10-24(19-22-11-23-28-19)29(25)14-5-6-15-16(20)9-21-17(15)8-14/h3-9,11,21H,10H2,1-2H3. The van der Waals surface area contributed by atoms with Crippen molar-refractivity contribution >= 4 is 54.5 Å². The van der Waals surface area contributed by atoms with Crippen molar-refractivity contribution in [2.24, 2.45) is 0 Å². The number of methoxy groups -OCH3 is 2. The van der Waals surface area contributed by atoms with Crippen LogP contribution in [0, 0.1) is 0 Å². The van der Waals surface area contributed by atoms with Gasteiger partial charge >= 0.3 is 0 Å². The van der Waals surface area contributed by atoms with Gasteiger partial charge in [0.2, 0.25) is 5.13 Å². The topological polar surface area (TPSA) is 80.3 Å². The maximum atomic E-state index is 13.5. The van der Waals surface area contributed by atoms with Crippen molar-refractivity contribution in [1.29, 1.82) is 0 Å². The Morgan fingerprint density at radius 2 is 2.07 bits per heavy atom. The Hall–Kier alpha value is -2.43. The van der Waals surface area contributed by atoms with E-state index in [4.69, 9.17) is 9.47 Å². The van der Waals surface area contributed by atoms with Crippen LogP contribution in [0.25, 0.3) is 10.9 Å². The van der Waals surface area contributed by atoms with E-state index in [1.807, 2.05) is 36.5 Å². The van der Waals surface area contributed by atoms with E-state index in [0.29, 0.717) is 28.1 Å². The number of aromatic amines is 1. The molecule has 0 aliphatic carbocycles. The van der Waals surface area contributed by atoms with E-state index in [0.717, 1.165) is 20.9 Å². The Morgan fingerprint density at radius 3 is 2.79 bits per heavy atom. The van der Waals surface area contributed by atoms with Crippen molar-refractivity contribution in [3.63, 3.8) is 0 Å². The number of benzene rings is 2. The van der Waals surface area contributed by atoms with Gasteiger partial charge in [-0.15, -0.1) is 0 Å². The summed E-state index contributed by atoms with van der Waals surface area (Å²) in [4.78, 5) is 8.11. The molecule has 2 aromatic carbocycles. The Morgan fingerprint density at radius 1 is 1.21 bits per heavy atom. The van der Waals surface area contributed by atoms with Crippen molar-refractivity contribution < 1.29 is 13.7 Å². The van der Waals surface area contributed by atoms with Gasteiger partial charge in [0.25, 0.3) is 0 Å². The molecule has 1 N–H and O–H groups in total. The largest absolute Gasteiger partial charge is 0.497 e. The van der Waals surface area contributed by atoms with E-state index in [9.17, 15) is 4.21 Å². The SMILES string of the molecule is COc1ccc(CN(c2ncns2)S(=O)c2ccc3c(Br)c[nH]c3c2)c(OC)c1. The van der Waals surface area contributed by atoms with E-state index in [1.54, 1.807) is 24.6 Å². The van der Waals surface area contributed by atoms with Gasteiger partial charge in [-0.05, 0) is 40.2 Å². The Balaban J connectivity index is 1.71. The van der Waals surface area contributed by atoms with Gasteiger partial charge < -0.3 is 14.5 Å². The quantitative estimate of drug-likeness (QED) is 0.409. The van der Waals surface area contributed by atoms with Crippen LogP contribution in [-0.2, 0) is 17.5 Å². The highest BCUT2D eigenvalue weighted by Gasteiger charge is 2.22. The fourth-order valence-electron chi connectivity index (χ4n) is 2.92. The number of anilines is 1. The van der Waals surface area contributed by atoms with Crippen molar-refractivity contribution in [3.05, 3.63) is 59.0 Å². The van der Waals surface area contributed by atoms with Crippen LogP contribution in [0.4, 0.5) is 5.13 Å². The van der Waals surface area contributed by atoms with Gasteiger partial charge in [0.1, 0.15) is 17.8 Å². The molecule has 0 radical (unpaired) electrons. The molecule has 2 aromatic heterocycles. The molecular weight excluding hydrogens is 476 g/mol. The second kappa shape index (κ2) is 8.52. The predicted octanol–water partition coefficient (Wildman–Crippen LogP) is 4.53. The highest BCUT2D eigenvalue weighted by Crippen LogP contribution is 2.31. The number of nitrogens with one attached hydrogen (secondary N) is 1. The molecule has 0 saturated heterocycles. The molecular formula is C19H17BrN4O3S2. The van der Waals surface area contributed by atoms with Gasteiger partial charge in [-0.2, -0.15) is 4.37 Å². The van der Waals surface area contributed by atoms with Gasteiger partial charge in [0.15, 0.2) is 11.0 Å². The van der Waals surface area contributed by atoms with Crippen LogP contribution in [0.15, 0.2) is 58.3 Å². The van der Waals surface area contributed by atoms with E-state index in [1.165, 1.54) is 17.9 Å². The third-order valence-corrected chi connectivity index (χ3v) is 7.20. The molecule has 1 unspecified atom stereocenters. The van der Waals surface area contributed by atoms with Gasteiger partial charge in [-0.25, -0.2) is 9.19 Å². The van der Waals surface area contributed by atoms with Crippen molar-refractivity contribution in [2.45, 2.75) is 11.4 Å². The maximum Gasteiger partial charge on any atom is 0.217 e. The van der Waals surface area contributed by atoms with Crippen LogP contribution < -0.4 is 13.8 Å². The Kier molecular flexibility index (Phi) is 5.84. The smallest absolute Gasteiger partial charge is 0.217 e. The minimum absolute atomic E-state index is 0.335. The molecule has 0 bridgehead atoms. The number of ether oxygens (including phenoxy) is 2. The van der Waals surface area contributed by atoms with Crippen LogP contribution in [0.3, 0.4) is 0 Å². The van der Waals surface area contributed by atoms with Crippen LogP contribution in [0.2, 0.25) is 0 Å². The van der Waals surface area contributed by atoms with Crippen LogP contribution in [0.5, 0.6) is 11.5 Å². The van der Waals surface area contributed by atoms with E-state index < -0.39 is 11.0 Å².